The van der Waals surface area contributed by atoms with Gasteiger partial charge >= 0.3 is 18.2 Å². The van der Waals surface area contributed by atoms with Crippen molar-refractivity contribution in [3.8, 4) is 0 Å². The zero-order chi connectivity index (χ0) is 24.5. The van der Waals surface area contributed by atoms with E-state index >= 15 is 0 Å². The van der Waals surface area contributed by atoms with Crippen LogP contribution in [0.4, 0.5) is 9.59 Å². The molecule has 0 radical (unpaired) electrons. The van der Waals surface area contributed by atoms with Crippen LogP contribution in [-0.4, -0.2) is 88.9 Å². The molecule has 2 amide bonds. The fourth-order valence-electron chi connectivity index (χ4n) is 4.63. The van der Waals surface area contributed by atoms with Crippen LogP contribution in [-0.2, 0) is 23.7 Å². The number of nitrogens with zero attached hydrogens (tertiary/aromatic N) is 2. The average molecular weight is 457 g/mol. The Kier molecular flexibility index (Phi) is 7.51. The van der Waals surface area contributed by atoms with Gasteiger partial charge in [-0.15, -0.1) is 6.58 Å². The molecule has 2 aliphatic rings. The molecule has 0 aromatic rings. The van der Waals surface area contributed by atoms with Gasteiger partial charge in [-0.1, -0.05) is 6.08 Å². The number of aliphatic hydroxyl groups is 1. The number of methoxy groups -OCH3 is 2. The summed E-state index contributed by atoms with van der Waals surface area (Å²) in [5.74, 6) is -0.796. The lowest BCUT2D eigenvalue weighted by Gasteiger charge is -2.44. The smallest absolute Gasteiger partial charge is 0.412 e. The molecule has 10 nitrogen and oxygen atoms in total. The van der Waals surface area contributed by atoms with E-state index in [9.17, 15) is 19.5 Å². The molecule has 1 N–H and O–H groups in total. The van der Waals surface area contributed by atoms with E-state index in [-0.39, 0.29) is 13.0 Å². The average Bonchev–Trinajstić information content (AvgIpc) is 3.23. The number of ether oxygens (including phenoxy) is 4. The summed E-state index contributed by atoms with van der Waals surface area (Å²) in [7, 11) is 2.39. The van der Waals surface area contributed by atoms with Gasteiger partial charge in [-0.25, -0.2) is 14.4 Å². The second-order valence-corrected chi connectivity index (χ2v) is 9.59. The number of hydrogen-bond acceptors (Lipinski definition) is 8. The van der Waals surface area contributed by atoms with Crippen molar-refractivity contribution in [1.82, 2.24) is 9.80 Å². The van der Waals surface area contributed by atoms with Crippen LogP contribution in [0.5, 0.6) is 0 Å². The number of esters is 1. The number of likely N-dealkylation sites (tertiary alicyclic amines) is 1. The Balaban J connectivity index is 2.55. The first kappa shape index (κ1) is 25.9. The highest BCUT2D eigenvalue weighted by molar-refractivity contribution is 5.88. The summed E-state index contributed by atoms with van der Waals surface area (Å²) in [4.78, 5) is 41.5. The van der Waals surface area contributed by atoms with Gasteiger partial charge in [0.05, 0.1) is 26.9 Å². The largest absolute Gasteiger partial charge is 0.467 e. The van der Waals surface area contributed by atoms with Crippen LogP contribution in [0.3, 0.4) is 0 Å². The molecule has 0 aliphatic carbocycles. The second-order valence-electron chi connectivity index (χ2n) is 9.59. The molecule has 2 saturated heterocycles. The van der Waals surface area contributed by atoms with Crippen LogP contribution in [0.25, 0.3) is 0 Å². The standard InChI is InChI=1S/C22H36N2O8/c1-9-10-14-11-12-22(17(26)29-7,23(14)18(27)30-8)16(25)15-13-31-21(5,6)24(15)19(28)32-20(2,3)4/h9,14-16,25H,1,10-13H2,2-8H3/t14-,15-,16+,22+/m0/s1. The van der Waals surface area contributed by atoms with Crippen LogP contribution in [0, 0.1) is 0 Å². The van der Waals surface area contributed by atoms with E-state index < -0.39 is 53.2 Å². The van der Waals surface area contributed by atoms with E-state index in [1.807, 2.05) is 0 Å². The quantitative estimate of drug-likeness (QED) is 0.381. The molecule has 0 aromatic heterocycles. The molecular weight excluding hydrogens is 420 g/mol. The monoisotopic (exact) mass is 456 g/mol. The first-order valence-electron chi connectivity index (χ1n) is 10.7. The third kappa shape index (κ3) is 4.56. The van der Waals surface area contributed by atoms with Crippen molar-refractivity contribution in [2.24, 2.45) is 0 Å². The van der Waals surface area contributed by atoms with Crippen molar-refractivity contribution in [3.63, 3.8) is 0 Å². The van der Waals surface area contributed by atoms with Crippen LogP contribution in [0.1, 0.15) is 53.9 Å². The zero-order valence-corrected chi connectivity index (χ0v) is 20.0. The minimum atomic E-state index is -1.77. The van der Waals surface area contributed by atoms with E-state index in [0.29, 0.717) is 12.8 Å². The highest BCUT2D eigenvalue weighted by Gasteiger charge is 2.64. The van der Waals surface area contributed by atoms with Gasteiger partial charge in [0.2, 0.25) is 0 Å². The lowest BCUT2D eigenvalue weighted by Crippen LogP contribution is -2.68. The molecule has 0 spiro atoms. The Labute approximate surface area is 189 Å². The molecule has 4 atom stereocenters. The van der Waals surface area contributed by atoms with Gasteiger partial charge in [0.15, 0.2) is 5.54 Å². The van der Waals surface area contributed by atoms with Gasteiger partial charge in [0.1, 0.15) is 17.4 Å². The number of hydrogen-bond donors (Lipinski definition) is 1. The lowest BCUT2D eigenvalue weighted by atomic mass is 9.84. The van der Waals surface area contributed by atoms with Crippen LogP contribution in [0.2, 0.25) is 0 Å². The molecule has 0 unspecified atom stereocenters. The number of aliphatic hydroxyl groups excluding tert-OH is 1. The van der Waals surface area contributed by atoms with Gasteiger partial charge in [-0.3, -0.25) is 9.80 Å². The molecule has 10 heteroatoms. The number of rotatable bonds is 5. The van der Waals surface area contributed by atoms with Gasteiger partial charge in [-0.2, -0.15) is 0 Å². The van der Waals surface area contributed by atoms with Crippen LogP contribution in [0.15, 0.2) is 12.7 Å². The first-order chi connectivity index (χ1) is 14.8. The fourth-order valence-corrected chi connectivity index (χ4v) is 4.63. The number of amides is 2. The van der Waals surface area contributed by atoms with Crippen molar-refractivity contribution in [1.29, 1.82) is 0 Å². The summed E-state index contributed by atoms with van der Waals surface area (Å²) in [6.07, 6.45) is -0.448. The maximum Gasteiger partial charge on any atom is 0.412 e. The third-order valence-corrected chi connectivity index (χ3v) is 5.97. The SMILES string of the molecule is C=CC[C@H]1CC[C@](C(=O)OC)([C@H](O)[C@@H]2COC(C)(C)N2C(=O)OC(C)(C)C)N1C(=O)OC. The lowest BCUT2D eigenvalue weighted by molar-refractivity contribution is -0.164. The topological polar surface area (TPSA) is 115 Å². The highest BCUT2D eigenvalue weighted by atomic mass is 16.6. The first-order valence-corrected chi connectivity index (χ1v) is 10.7. The Morgan fingerprint density at radius 2 is 1.81 bits per heavy atom. The van der Waals surface area contributed by atoms with Gasteiger partial charge in [0.25, 0.3) is 0 Å². The number of carbonyl (C=O) groups excluding carboxylic acids is 3. The molecule has 0 aromatic carbocycles. The molecule has 0 bridgehead atoms. The maximum absolute atomic E-state index is 13.1. The third-order valence-electron chi connectivity index (χ3n) is 5.97. The van der Waals surface area contributed by atoms with Crippen LogP contribution >= 0.6 is 0 Å². The summed E-state index contributed by atoms with van der Waals surface area (Å²) in [5.41, 5.74) is -3.67. The summed E-state index contributed by atoms with van der Waals surface area (Å²) < 4.78 is 21.3. The van der Waals surface area contributed by atoms with Crippen molar-refractivity contribution in [2.75, 3.05) is 20.8 Å². The molecule has 2 rings (SSSR count). The summed E-state index contributed by atoms with van der Waals surface area (Å²) in [6.45, 7) is 12.2. The Hall–Kier alpha value is -2.33. The molecular formula is C22H36N2O8. The van der Waals surface area contributed by atoms with E-state index in [0.717, 1.165) is 0 Å². The molecule has 2 heterocycles. The van der Waals surface area contributed by atoms with Crippen molar-refractivity contribution in [2.45, 2.75) is 88.9 Å². The summed E-state index contributed by atoms with van der Waals surface area (Å²) >= 11 is 0. The predicted molar refractivity (Wildman–Crippen MR) is 115 cm³/mol. The van der Waals surface area contributed by atoms with Gasteiger partial charge in [-0.05, 0) is 53.9 Å². The second kappa shape index (κ2) is 9.27. The van der Waals surface area contributed by atoms with E-state index in [2.05, 4.69) is 6.58 Å². The van der Waals surface area contributed by atoms with E-state index in [1.54, 1.807) is 40.7 Å². The summed E-state index contributed by atoms with van der Waals surface area (Å²) in [6, 6.07) is -1.41. The Morgan fingerprint density at radius 3 is 2.31 bits per heavy atom. The minimum Gasteiger partial charge on any atom is -0.467 e. The van der Waals surface area contributed by atoms with E-state index in [1.165, 1.54) is 24.0 Å². The minimum absolute atomic E-state index is 0.0622. The fraction of sp³-hybridized carbons (Fsp3) is 0.773. The molecule has 2 fully saturated rings. The van der Waals surface area contributed by atoms with E-state index in [4.69, 9.17) is 18.9 Å². The van der Waals surface area contributed by atoms with Crippen molar-refractivity contribution < 1.29 is 38.4 Å². The predicted octanol–water partition coefficient (Wildman–Crippen LogP) is 2.44. The zero-order valence-electron chi connectivity index (χ0n) is 20.0. The van der Waals surface area contributed by atoms with Gasteiger partial charge in [0, 0.05) is 6.04 Å². The number of carbonyl (C=O) groups is 3. The summed E-state index contributed by atoms with van der Waals surface area (Å²) in [5, 5.41) is 11.6. The highest BCUT2D eigenvalue weighted by Crippen LogP contribution is 2.44. The van der Waals surface area contributed by atoms with Crippen molar-refractivity contribution in [3.05, 3.63) is 12.7 Å². The van der Waals surface area contributed by atoms with Gasteiger partial charge < -0.3 is 24.1 Å². The Morgan fingerprint density at radius 1 is 1.19 bits per heavy atom. The molecule has 32 heavy (non-hydrogen) atoms. The molecule has 182 valence electrons. The Bertz CT molecular complexity index is 747. The molecule has 2 aliphatic heterocycles. The van der Waals surface area contributed by atoms with Crippen molar-refractivity contribution >= 4 is 18.2 Å². The normalized spacial score (nSPS) is 28.2. The van der Waals surface area contributed by atoms with Crippen LogP contribution < -0.4 is 0 Å². The molecule has 0 saturated carbocycles. The maximum atomic E-state index is 13.1.